The van der Waals surface area contributed by atoms with Gasteiger partial charge in [0.15, 0.2) is 0 Å². The molecule has 2 saturated heterocycles. The van der Waals surface area contributed by atoms with Crippen LogP contribution in [0, 0.1) is 0 Å². The van der Waals surface area contributed by atoms with Gasteiger partial charge in [-0.2, -0.15) is 0 Å². The molecule has 1 aromatic carbocycles. The number of amides is 2. The highest BCUT2D eigenvalue weighted by Gasteiger charge is 2.49. The van der Waals surface area contributed by atoms with Crippen LogP contribution in [0.2, 0.25) is 0 Å². The molecule has 35 heavy (non-hydrogen) atoms. The third kappa shape index (κ3) is 5.05. The molecule has 1 unspecified atom stereocenters. The van der Waals surface area contributed by atoms with E-state index in [4.69, 9.17) is 9.47 Å². The third-order valence-corrected chi connectivity index (χ3v) is 7.10. The van der Waals surface area contributed by atoms with Gasteiger partial charge in [0.05, 0.1) is 24.3 Å². The Kier molecular flexibility index (Phi) is 7.45. The molecule has 3 heterocycles. The number of ketones is 1. The highest BCUT2D eigenvalue weighted by molar-refractivity contribution is 7.10. The van der Waals surface area contributed by atoms with Crippen LogP contribution in [0.3, 0.4) is 0 Å². The Morgan fingerprint density at radius 1 is 1.14 bits per heavy atom. The Balaban J connectivity index is 1.65. The fraction of sp³-hybridized carbons (Fsp3) is 0.423. The predicted octanol–water partition coefficient (Wildman–Crippen LogP) is 4.58. The van der Waals surface area contributed by atoms with Gasteiger partial charge in [0.25, 0.3) is 11.7 Å². The van der Waals surface area contributed by atoms with E-state index >= 15 is 0 Å². The molecule has 0 bridgehead atoms. The Morgan fingerprint density at radius 2 is 1.83 bits per heavy atom. The molecule has 2 aromatic rings. The van der Waals surface area contributed by atoms with Crippen LogP contribution in [0.4, 0.5) is 4.79 Å². The van der Waals surface area contributed by atoms with Gasteiger partial charge in [0.2, 0.25) is 0 Å². The summed E-state index contributed by atoms with van der Waals surface area (Å²) in [5, 5.41) is 13.1. The topological polar surface area (TPSA) is 96.4 Å². The Labute approximate surface area is 208 Å². The van der Waals surface area contributed by atoms with Gasteiger partial charge in [0, 0.05) is 29.6 Å². The number of carbonyl (C=O) groups is 3. The number of Topliss-reactive ketones (excluding diaryl/α,β-unsaturated/α-hetero) is 1. The van der Waals surface area contributed by atoms with E-state index in [1.807, 2.05) is 31.4 Å². The van der Waals surface area contributed by atoms with Crippen LogP contribution in [0.25, 0.3) is 5.76 Å². The molecule has 0 saturated carbocycles. The van der Waals surface area contributed by atoms with Crippen molar-refractivity contribution in [2.75, 3.05) is 19.7 Å². The minimum absolute atomic E-state index is 0.00819. The Hall–Kier alpha value is -3.33. The largest absolute Gasteiger partial charge is 0.507 e. The number of thiophene rings is 1. The van der Waals surface area contributed by atoms with Gasteiger partial charge in [-0.3, -0.25) is 9.59 Å². The standard InChI is InChI=1S/C26H30N2O6S/c1-4-33-26(32)27-13-11-18(12-14-27)28-22(20-6-5-15-35-20)21(24(30)25(28)31)23(29)17-7-9-19(10-8-17)34-16(2)3/h5-10,15-16,18,22,29H,4,11-14H2,1-3H3/b23-21-. The molecule has 9 heteroatoms. The summed E-state index contributed by atoms with van der Waals surface area (Å²) in [6, 6.07) is 9.65. The van der Waals surface area contributed by atoms with E-state index in [1.54, 1.807) is 41.0 Å². The number of ether oxygens (including phenoxy) is 2. The highest BCUT2D eigenvalue weighted by Crippen LogP contribution is 2.43. The first kappa shape index (κ1) is 24.8. The van der Waals surface area contributed by atoms with Crippen molar-refractivity contribution in [3.05, 3.63) is 57.8 Å². The van der Waals surface area contributed by atoms with Crippen LogP contribution < -0.4 is 4.74 Å². The van der Waals surface area contributed by atoms with Crippen LogP contribution in [0.5, 0.6) is 5.75 Å². The monoisotopic (exact) mass is 498 g/mol. The van der Waals surface area contributed by atoms with Gasteiger partial charge in [-0.25, -0.2) is 4.79 Å². The molecule has 0 spiro atoms. The number of benzene rings is 1. The lowest BCUT2D eigenvalue weighted by Crippen LogP contribution is -2.48. The fourth-order valence-corrected chi connectivity index (χ4v) is 5.44. The molecule has 1 aromatic heterocycles. The number of rotatable bonds is 6. The normalized spacial score (nSPS) is 20.5. The first-order valence-corrected chi connectivity index (χ1v) is 12.7. The van der Waals surface area contributed by atoms with Gasteiger partial charge >= 0.3 is 6.09 Å². The smallest absolute Gasteiger partial charge is 0.409 e. The molecule has 1 N–H and O–H groups in total. The number of likely N-dealkylation sites (tertiary alicyclic amines) is 2. The van der Waals surface area contributed by atoms with Crippen molar-refractivity contribution < 1.29 is 29.0 Å². The number of carbonyl (C=O) groups excluding carboxylic acids is 3. The van der Waals surface area contributed by atoms with Gasteiger partial charge in [-0.05, 0) is 69.3 Å². The molecule has 186 valence electrons. The van der Waals surface area contributed by atoms with Gasteiger partial charge in [0.1, 0.15) is 11.5 Å². The van der Waals surface area contributed by atoms with E-state index in [9.17, 15) is 19.5 Å². The second-order valence-corrected chi connectivity index (χ2v) is 9.81. The number of hydrogen-bond donors (Lipinski definition) is 1. The number of piperidine rings is 1. The molecule has 2 amide bonds. The van der Waals surface area contributed by atoms with Crippen molar-refractivity contribution in [2.45, 2.75) is 51.8 Å². The van der Waals surface area contributed by atoms with Gasteiger partial charge in [-0.1, -0.05) is 6.07 Å². The molecule has 0 radical (unpaired) electrons. The van der Waals surface area contributed by atoms with E-state index in [-0.39, 0.29) is 29.6 Å². The fourth-order valence-electron chi connectivity index (χ4n) is 4.61. The summed E-state index contributed by atoms with van der Waals surface area (Å²) in [6.45, 7) is 6.77. The Morgan fingerprint density at radius 3 is 2.40 bits per heavy atom. The summed E-state index contributed by atoms with van der Waals surface area (Å²) >= 11 is 1.43. The second kappa shape index (κ2) is 10.5. The summed E-state index contributed by atoms with van der Waals surface area (Å²) in [6.07, 6.45) is 0.686. The van der Waals surface area contributed by atoms with Crippen molar-refractivity contribution in [3.63, 3.8) is 0 Å². The summed E-state index contributed by atoms with van der Waals surface area (Å²) in [7, 11) is 0. The van der Waals surface area contributed by atoms with Crippen molar-refractivity contribution >= 4 is 34.9 Å². The minimum atomic E-state index is -0.698. The predicted molar refractivity (Wildman–Crippen MR) is 132 cm³/mol. The highest BCUT2D eigenvalue weighted by atomic mass is 32.1. The van der Waals surface area contributed by atoms with Crippen LogP contribution in [0.1, 0.15) is 50.1 Å². The van der Waals surface area contributed by atoms with E-state index < -0.39 is 17.7 Å². The van der Waals surface area contributed by atoms with Crippen LogP contribution in [-0.2, 0) is 14.3 Å². The molecule has 2 aliphatic heterocycles. The van der Waals surface area contributed by atoms with E-state index in [0.717, 1.165) is 4.88 Å². The maximum absolute atomic E-state index is 13.3. The van der Waals surface area contributed by atoms with E-state index in [0.29, 0.717) is 43.9 Å². The van der Waals surface area contributed by atoms with Gasteiger partial charge < -0.3 is 24.4 Å². The summed E-state index contributed by atoms with van der Waals surface area (Å²) < 4.78 is 10.8. The maximum atomic E-state index is 13.3. The van der Waals surface area contributed by atoms with Crippen LogP contribution in [-0.4, -0.2) is 64.5 Å². The average molecular weight is 499 g/mol. The molecule has 1 atom stereocenters. The number of aliphatic hydroxyl groups excluding tert-OH is 1. The van der Waals surface area contributed by atoms with E-state index in [2.05, 4.69) is 0 Å². The maximum Gasteiger partial charge on any atom is 0.409 e. The summed E-state index contributed by atoms with van der Waals surface area (Å²) in [5.41, 5.74) is 0.528. The lowest BCUT2D eigenvalue weighted by atomic mass is 9.97. The van der Waals surface area contributed by atoms with Crippen molar-refractivity contribution in [3.8, 4) is 5.75 Å². The van der Waals surface area contributed by atoms with Crippen molar-refractivity contribution in [2.24, 2.45) is 0 Å². The second-order valence-electron chi connectivity index (χ2n) is 8.83. The quantitative estimate of drug-likeness (QED) is 0.356. The van der Waals surface area contributed by atoms with Crippen molar-refractivity contribution in [1.82, 2.24) is 9.80 Å². The zero-order valence-electron chi connectivity index (χ0n) is 20.1. The van der Waals surface area contributed by atoms with Crippen molar-refractivity contribution in [1.29, 1.82) is 0 Å². The van der Waals surface area contributed by atoms with E-state index in [1.165, 1.54) is 11.3 Å². The molecule has 4 rings (SSSR count). The number of aliphatic hydroxyl groups is 1. The molecular formula is C26H30N2O6S. The van der Waals surface area contributed by atoms with Gasteiger partial charge in [-0.15, -0.1) is 11.3 Å². The molecule has 2 aliphatic rings. The SMILES string of the molecule is CCOC(=O)N1CCC(N2C(=O)C(=O)/C(=C(\O)c3ccc(OC(C)C)cc3)C2c2cccs2)CC1. The average Bonchev–Trinajstić information content (AvgIpc) is 3.46. The first-order valence-electron chi connectivity index (χ1n) is 11.8. The lowest BCUT2D eigenvalue weighted by Gasteiger charge is -2.38. The minimum Gasteiger partial charge on any atom is -0.507 e. The number of nitrogens with zero attached hydrogens (tertiary/aromatic N) is 2. The zero-order chi connectivity index (χ0) is 25.1. The summed E-state index contributed by atoms with van der Waals surface area (Å²) in [4.78, 5) is 42.6. The molecule has 0 aliphatic carbocycles. The zero-order valence-corrected chi connectivity index (χ0v) is 20.9. The van der Waals surface area contributed by atoms with Crippen LogP contribution in [0.15, 0.2) is 47.4 Å². The molecule has 8 nitrogen and oxygen atoms in total. The number of hydrogen-bond acceptors (Lipinski definition) is 7. The first-order chi connectivity index (χ1) is 16.8. The summed E-state index contributed by atoms with van der Waals surface area (Å²) in [5.74, 6) is -0.875. The molecular weight excluding hydrogens is 468 g/mol. The molecule has 2 fully saturated rings. The third-order valence-electron chi connectivity index (χ3n) is 6.18. The van der Waals surface area contributed by atoms with Crippen LogP contribution >= 0.6 is 11.3 Å². The Bertz CT molecular complexity index is 1100. The lowest BCUT2D eigenvalue weighted by molar-refractivity contribution is -0.142.